The molecular formula is C31H53NO5. The first-order valence-electron chi connectivity index (χ1n) is 14.6. The molecule has 0 aromatic carbocycles. The van der Waals surface area contributed by atoms with Crippen LogP contribution in [0.1, 0.15) is 129 Å². The Morgan fingerprint density at radius 1 is 0.730 bits per heavy atom. The third kappa shape index (κ3) is 26.5. The second-order valence-electron chi connectivity index (χ2n) is 9.64. The summed E-state index contributed by atoms with van der Waals surface area (Å²) < 4.78 is 5.78. The highest BCUT2D eigenvalue weighted by atomic mass is 16.5. The summed E-state index contributed by atoms with van der Waals surface area (Å²) >= 11 is 0. The Morgan fingerprint density at radius 2 is 1.32 bits per heavy atom. The first kappa shape index (κ1) is 34.6. The minimum atomic E-state index is -1.03. The highest BCUT2D eigenvalue weighted by molar-refractivity contribution is 5.80. The summed E-state index contributed by atoms with van der Waals surface area (Å²) in [6.45, 7) is 4.02. The van der Waals surface area contributed by atoms with Crippen molar-refractivity contribution in [3.05, 3.63) is 36.5 Å². The Bertz CT molecular complexity index is 669. The number of ether oxygens (including phenoxy) is 1. The molecule has 0 fully saturated rings. The van der Waals surface area contributed by atoms with Crippen LogP contribution in [-0.4, -0.2) is 35.6 Å². The molecule has 1 atom stereocenters. The standard InChI is InChI=1S/C31H53NO5/c1-3-5-7-9-11-12-13-14-16-22-26-31(36)37-28(23-19-15-10-8-6-4-2)24-20-17-18-21-25-29(33)32-27-30(34)35/h7-10,19,23,28H,3-6,11-18,20-22,24-27H2,1-2H3,(H,32,33)(H,34,35)/b9-7-,10-8-,23-19-. The molecule has 0 aliphatic rings. The number of hydrogen-bond donors (Lipinski definition) is 2. The third-order valence-corrected chi connectivity index (χ3v) is 5.98. The molecule has 0 aromatic heterocycles. The lowest BCUT2D eigenvalue weighted by atomic mass is 10.1. The fourth-order valence-electron chi connectivity index (χ4n) is 3.82. The van der Waals surface area contributed by atoms with Crippen LogP contribution in [0.2, 0.25) is 0 Å². The number of allylic oxidation sites excluding steroid dienone is 5. The molecule has 0 saturated heterocycles. The molecule has 1 amide bonds. The maximum atomic E-state index is 12.4. The number of hydrogen-bond acceptors (Lipinski definition) is 4. The van der Waals surface area contributed by atoms with Gasteiger partial charge in [0.1, 0.15) is 12.6 Å². The average Bonchev–Trinajstić information content (AvgIpc) is 2.87. The fourth-order valence-corrected chi connectivity index (χ4v) is 3.82. The van der Waals surface area contributed by atoms with Gasteiger partial charge in [-0.1, -0.05) is 89.2 Å². The van der Waals surface area contributed by atoms with Crippen molar-refractivity contribution in [2.24, 2.45) is 0 Å². The number of carboxylic acids is 1. The van der Waals surface area contributed by atoms with E-state index in [2.05, 4.69) is 49.5 Å². The van der Waals surface area contributed by atoms with E-state index in [1.807, 2.05) is 6.08 Å². The first-order valence-corrected chi connectivity index (χ1v) is 14.6. The van der Waals surface area contributed by atoms with Crippen molar-refractivity contribution in [2.75, 3.05) is 6.54 Å². The molecule has 0 aliphatic heterocycles. The summed E-state index contributed by atoms with van der Waals surface area (Å²) in [4.78, 5) is 34.5. The van der Waals surface area contributed by atoms with Gasteiger partial charge in [0, 0.05) is 12.8 Å². The number of carbonyl (C=O) groups is 3. The van der Waals surface area contributed by atoms with E-state index in [1.54, 1.807) is 0 Å². The Kier molecular flexibility index (Phi) is 25.0. The second kappa shape index (κ2) is 26.7. The van der Waals surface area contributed by atoms with Gasteiger partial charge in [0.2, 0.25) is 5.91 Å². The summed E-state index contributed by atoms with van der Waals surface area (Å²) in [5, 5.41) is 11.0. The number of carbonyl (C=O) groups excluding carboxylic acids is 2. The van der Waals surface area contributed by atoms with Crippen LogP contribution in [0.25, 0.3) is 0 Å². The van der Waals surface area contributed by atoms with E-state index in [0.29, 0.717) is 12.8 Å². The van der Waals surface area contributed by atoms with E-state index < -0.39 is 5.97 Å². The van der Waals surface area contributed by atoms with Crippen molar-refractivity contribution in [1.29, 1.82) is 0 Å². The largest absolute Gasteiger partial charge is 0.480 e. The van der Waals surface area contributed by atoms with Crippen molar-refractivity contribution in [1.82, 2.24) is 5.32 Å². The van der Waals surface area contributed by atoms with Crippen LogP contribution in [0.15, 0.2) is 36.5 Å². The molecule has 37 heavy (non-hydrogen) atoms. The average molecular weight is 520 g/mol. The summed E-state index contributed by atoms with van der Waals surface area (Å²) in [5.41, 5.74) is 0. The van der Waals surface area contributed by atoms with E-state index in [0.717, 1.165) is 77.0 Å². The maximum Gasteiger partial charge on any atom is 0.322 e. The molecule has 0 heterocycles. The molecule has 1 unspecified atom stereocenters. The van der Waals surface area contributed by atoms with Crippen molar-refractivity contribution in [2.45, 2.75) is 136 Å². The number of rotatable bonds is 25. The molecule has 2 N–H and O–H groups in total. The number of unbranched alkanes of at least 4 members (excludes halogenated alkanes) is 10. The minimum absolute atomic E-state index is 0.117. The topological polar surface area (TPSA) is 92.7 Å². The van der Waals surface area contributed by atoms with E-state index >= 15 is 0 Å². The number of nitrogens with one attached hydrogen (secondary N) is 1. The molecule has 0 radical (unpaired) electrons. The van der Waals surface area contributed by atoms with Gasteiger partial charge in [-0.25, -0.2) is 0 Å². The lowest BCUT2D eigenvalue weighted by molar-refractivity contribution is -0.147. The number of carboxylic acid groups (broad SMARTS) is 1. The molecule has 0 rings (SSSR count). The summed E-state index contributed by atoms with van der Waals surface area (Å²) in [7, 11) is 0. The molecule has 0 saturated carbocycles. The van der Waals surface area contributed by atoms with Gasteiger partial charge in [-0.05, 0) is 63.9 Å². The molecule has 6 nitrogen and oxygen atoms in total. The van der Waals surface area contributed by atoms with E-state index in [-0.39, 0.29) is 24.5 Å². The Balaban J connectivity index is 4.22. The molecule has 212 valence electrons. The molecule has 0 aromatic rings. The normalized spacial score (nSPS) is 12.5. The van der Waals surface area contributed by atoms with Crippen molar-refractivity contribution in [3.8, 4) is 0 Å². The molecule has 6 heteroatoms. The van der Waals surface area contributed by atoms with Crippen LogP contribution in [0.5, 0.6) is 0 Å². The van der Waals surface area contributed by atoms with Crippen LogP contribution < -0.4 is 5.32 Å². The summed E-state index contributed by atoms with van der Waals surface area (Å²) in [6, 6.07) is 0. The quantitative estimate of drug-likeness (QED) is 0.0728. The van der Waals surface area contributed by atoms with Crippen LogP contribution >= 0.6 is 0 Å². The number of aliphatic carboxylic acids is 1. The van der Waals surface area contributed by atoms with E-state index in [9.17, 15) is 14.4 Å². The second-order valence-corrected chi connectivity index (χ2v) is 9.64. The van der Waals surface area contributed by atoms with Crippen molar-refractivity contribution < 1.29 is 24.2 Å². The van der Waals surface area contributed by atoms with Crippen LogP contribution in [-0.2, 0) is 19.1 Å². The maximum absolute atomic E-state index is 12.4. The van der Waals surface area contributed by atoms with Gasteiger partial charge in [-0.2, -0.15) is 0 Å². The van der Waals surface area contributed by atoms with E-state index in [1.165, 1.54) is 25.7 Å². The van der Waals surface area contributed by atoms with Crippen LogP contribution in [0.3, 0.4) is 0 Å². The zero-order valence-corrected chi connectivity index (χ0v) is 23.6. The predicted molar refractivity (Wildman–Crippen MR) is 152 cm³/mol. The summed E-state index contributed by atoms with van der Waals surface area (Å²) in [6.07, 6.45) is 29.9. The monoisotopic (exact) mass is 519 g/mol. The highest BCUT2D eigenvalue weighted by Gasteiger charge is 2.11. The van der Waals surface area contributed by atoms with E-state index in [4.69, 9.17) is 9.84 Å². The third-order valence-electron chi connectivity index (χ3n) is 5.98. The highest BCUT2D eigenvalue weighted by Crippen LogP contribution is 2.14. The molecule has 0 spiro atoms. The van der Waals surface area contributed by atoms with Gasteiger partial charge in [-0.15, -0.1) is 0 Å². The van der Waals surface area contributed by atoms with Gasteiger partial charge in [0.25, 0.3) is 0 Å². The van der Waals surface area contributed by atoms with Gasteiger partial charge in [-0.3, -0.25) is 14.4 Å². The number of esters is 1. The summed E-state index contributed by atoms with van der Waals surface area (Å²) in [5.74, 6) is -1.38. The lowest BCUT2D eigenvalue weighted by Gasteiger charge is -2.14. The van der Waals surface area contributed by atoms with Crippen LogP contribution in [0, 0.1) is 0 Å². The van der Waals surface area contributed by atoms with Gasteiger partial charge >= 0.3 is 11.9 Å². The van der Waals surface area contributed by atoms with Gasteiger partial charge in [0.15, 0.2) is 0 Å². The predicted octanol–water partition coefficient (Wildman–Crippen LogP) is 7.83. The number of amides is 1. The zero-order chi connectivity index (χ0) is 27.4. The molecular weight excluding hydrogens is 466 g/mol. The smallest absolute Gasteiger partial charge is 0.322 e. The van der Waals surface area contributed by atoms with Crippen molar-refractivity contribution in [3.63, 3.8) is 0 Å². The Labute approximate surface area is 226 Å². The Morgan fingerprint density at radius 3 is 2.03 bits per heavy atom. The SMILES string of the molecule is CCC/C=C\C/C=C\C(CCCCCCC(=O)NCC(=O)O)OC(=O)CCCCCCC/C=C\CCC. The molecule has 0 aliphatic carbocycles. The van der Waals surface area contributed by atoms with Crippen molar-refractivity contribution >= 4 is 17.8 Å². The van der Waals surface area contributed by atoms with Gasteiger partial charge in [0.05, 0.1) is 0 Å². The zero-order valence-electron chi connectivity index (χ0n) is 23.6. The van der Waals surface area contributed by atoms with Gasteiger partial charge < -0.3 is 15.2 Å². The van der Waals surface area contributed by atoms with Crippen LogP contribution in [0.4, 0.5) is 0 Å². The lowest BCUT2D eigenvalue weighted by Crippen LogP contribution is -2.28. The molecule has 0 bridgehead atoms. The fraction of sp³-hybridized carbons (Fsp3) is 0.710. The minimum Gasteiger partial charge on any atom is -0.480 e. The first-order chi connectivity index (χ1) is 18.0. The Hall–Kier alpha value is -2.37.